The second-order valence-corrected chi connectivity index (χ2v) is 8.23. The van der Waals surface area contributed by atoms with Crippen molar-refractivity contribution >= 4 is 34.8 Å². The first-order valence-corrected chi connectivity index (χ1v) is 10.5. The third kappa shape index (κ3) is 3.78. The summed E-state index contributed by atoms with van der Waals surface area (Å²) in [7, 11) is 1.55. The van der Waals surface area contributed by atoms with Crippen molar-refractivity contribution in [2.75, 3.05) is 26.7 Å². The molecule has 1 saturated heterocycles. The van der Waals surface area contributed by atoms with Crippen LogP contribution in [0.2, 0.25) is 0 Å². The number of fused-ring (bicyclic) bond motifs is 1. The Morgan fingerprint density at radius 1 is 1.33 bits per heavy atom. The van der Waals surface area contributed by atoms with E-state index in [1.54, 1.807) is 29.1 Å². The van der Waals surface area contributed by atoms with Crippen molar-refractivity contribution in [3.05, 3.63) is 41.5 Å². The van der Waals surface area contributed by atoms with Crippen molar-refractivity contribution in [2.24, 2.45) is 5.92 Å². The largest absolute Gasteiger partial charge is 0.481 e. The number of carboxylic acids is 1. The average molecular weight is 427 g/mol. The monoisotopic (exact) mass is 427 g/mol. The number of hydrogen-bond donors (Lipinski definition) is 1. The zero-order chi connectivity index (χ0) is 21.3. The number of thiophene rings is 1. The van der Waals surface area contributed by atoms with E-state index in [0.29, 0.717) is 30.6 Å². The molecule has 4 rings (SSSR count). The molecule has 1 fully saturated rings. The van der Waals surface area contributed by atoms with Gasteiger partial charge in [0.05, 0.1) is 29.2 Å². The second kappa shape index (κ2) is 8.23. The quantitative estimate of drug-likeness (QED) is 0.666. The number of aromatic nitrogens is 3. The fraction of sp³-hybridized carbons (Fsp3) is 0.350. The number of hydrogen-bond acceptors (Lipinski definition) is 6. The third-order valence-corrected chi connectivity index (χ3v) is 6.14. The minimum absolute atomic E-state index is 0.132. The van der Waals surface area contributed by atoms with Gasteiger partial charge in [-0.25, -0.2) is 9.50 Å². The van der Waals surface area contributed by atoms with Gasteiger partial charge >= 0.3 is 5.97 Å². The average Bonchev–Trinajstić information content (AvgIpc) is 3.43. The van der Waals surface area contributed by atoms with Crippen molar-refractivity contribution in [3.63, 3.8) is 0 Å². The molecule has 2 amide bonds. The summed E-state index contributed by atoms with van der Waals surface area (Å²) < 4.78 is 1.62. The number of carbonyl (C=O) groups excluding carboxylic acids is 2. The number of nitrogens with zero attached hydrogens (tertiary/aromatic N) is 5. The molecule has 10 heteroatoms. The molecule has 1 aliphatic heterocycles. The van der Waals surface area contributed by atoms with Gasteiger partial charge in [-0.3, -0.25) is 14.4 Å². The lowest BCUT2D eigenvalue weighted by Crippen LogP contribution is -2.46. The molecule has 1 atom stereocenters. The van der Waals surface area contributed by atoms with Crippen LogP contribution in [0, 0.1) is 5.92 Å². The van der Waals surface area contributed by atoms with Crippen LogP contribution < -0.4 is 0 Å². The van der Waals surface area contributed by atoms with Gasteiger partial charge in [0, 0.05) is 26.3 Å². The van der Waals surface area contributed by atoms with Crippen LogP contribution in [-0.4, -0.2) is 74.0 Å². The Hall–Kier alpha value is -3.27. The summed E-state index contributed by atoms with van der Waals surface area (Å²) >= 11 is 1.57. The number of likely N-dealkylation sites (N-methyl/N-ethyl adjacent to an activating group) is 1. The van der Waals surface area contributed by atoms with E-state index >= 15 is 0 Å². The van der Waals surface area contributed by atoms with E-state index in [1.807, 2.05) is 23.6 Å². The molecule has 3 aromatic heterocycles. The highest BCUT2D eigenvalue weighted by Crippen LogP contribution is 2.25. The summed E-state index contributed by atoms with van der Waals surface area (Å²) in [4.78, 5) is 45.0. The zero-order valence-electron chi connectivity index (χ0n) is 16.4. The molecule has 0 saturated carbocycles. The van der Waals surface area contributed by atoms with E-state index < -0.39 is 11.9 Å². The van der Waals surface area contributed by atoms with Gasteiger partial charge in [-0.05, 0) is 30.4 Å². The fourth-order valence-corrected chi connectivity index (χ4v) is 4.37. The Morgan fingerprint density at radius 2 is 2.17 bits per heavy atom. The molecule has 1 aliphatic rings. The van der Waals surface area contributed by atoms with Crippen LogP contribution in [0.5, 0.6) is 0 Å². The van der Waals surface area contributed by atoms with Crippen molar-refractivity contribution in [2.45, 2.75) is 12.8 Å². The van der Waals surface area contributed by atoms with Gasteiger partial charge in [-0.15, -0.1) is 11.3 Å². The summed E-state index contributed by atoms with van der Waals surface area (Å²) in [5.74, 6) is -2.07. The Balaban J connectivity index is 1.50. The molecule has 30 heavy (non-hydrogen) atoms. The number of carbonyl (C=O) groups is 3. The van der Waals surface area contributed by atoms with E-state index in [0.717, 1.165) is 10.6 Å². The van der Waals surface area contributed by atoms with Gasteiger partial charge in [-0.2, -0.15) is 5.10 Å². The first-order valence-electron chi connectivity index (χ1n) is 9.58. The molecule has 0 unspecified atom stereocenters. The summed E-state index contributed by atoms with van der Waals surface area (Å²) in [6.07, 6.45) is 4.30. The minimum Gasteiger partial charge on any atom is -0.481 e. The van der Waals surface area contributed by atoms with Crippen molar-refractivity contribution < 1.29 is 19.5 Å². The lowest BCUT2D eigenvalue weighted by atomic mass is 9.98. The predicted molar refractivity (Wildman–Crippen MR) is 110 cm³/mol. The van der Waals surface area contributed by atoms with E-state index in [9.17, 15) is 19.5 Å². The molecule has 156 valence electrons. The van der Waals surface area contributed by atoms with E-state index in [-0.39, 0.29) is 24.9 Å². The van der Waals surface area contributed by atoms with Gasteiger partial charge in [0.2, 0.25) is 5.91 Å². The molecular weight excluding hydrogens is 406 g/mol. The van der Waals surface area contributed by atoms with Gasteiger partial charge in [0.1, 0.15) is 5.56 Å². The molecule has 3 aromatic rings. The molecule has 1 N–H and O–H groups in total. The van der Waals surface area contributed by atoms with Crippen LogP contribution >= 0.6 is 11.3 Å². The molecule has 4 heterocycles. The number of rotatable bonds is 5. The van der Waals surface area contributed by atoms with Crippen LogP contribution in [0.15, 0.2) is 36.0 Å². The lowest BCUT2D eigenvalue weighted by Gasteiger charge is -2.32. The summed E-state index contributed by atoms with van der Waals surface area (Å²) in [5, 5.41) is 15.5. The summed E-state index contributed by atoms with van der Waals surface area (Å²) in [5.41, 5.74) is 1.57. The van der Waals surface area contributed by atoms with Gasteiger partial charge in [0.15, 0.2) is 5.65 Å². The van der Waals surface area contributed by atoms with E-state index in [2.05, 4.69) is 10.1 Å². The van der Waals surface area contributed by atoms with E-state index in [1.165, 1.54) is 16.0 Å². The molecular formula is C20H21N5O4S. The number of aliphatic carboxylic acids is 1. The van der Waals surface area contributed by atoms with Crippen LogP contribution in [-0.2, 0) is 9.59 Å². The fourth-order valence-electron chi connectivity index (χ4n) is 3.64. The maximum atomic E-state index is 13.0. The molecule has 0 aromatic carbocycles. The first kappa shape index (κ1) is 20.0. The molecule has 9 nitrogen and oxygen atoms in total. The topological polar surface area (TPSA) is 108 Å². The van der Waals surface area contributed by atoms with Crippen LogP contribution in [0.25, 0.3) is 16.2 Å². The van der Waals surface area contributed by atoms with Crippen molar-refractivity contribution in [1.82, 2.24) is 24.4 Å². The maximum absolute atomic E-state index is 13.0. The molecule has 0 radical (unpaired) electrons. The van der Waals surface area contributed by atoms with Crippen molar-refractivity contribution in [1.29, 1.82) is 0 Å². The first-order chi connectivity index (χ1) is 14.5. The molecule has 0 spiro atoms. The zero-order valence-corrected chi connectivity index (χ0v) is 17.2. The number of likely N-dealkylation sites (tertiary alicyclic amines) is 1. The third-order valence-electron chi connectivity index (χ3n) is 5.25. The summed E-state index contributed by atoms with van der Waals surface area (Å²) in [6, 6.07) is 5.75. The van der Waals surface area contributed by atoms with Gasteiger partial charge < -0.3 is 14.9 Å². The van der Waals surface area contributed by atoms with Gasteiger partial charge in [-0.1, -0.05) is 6.07 Å². The van der Waals surface area contributed by atoms with Gasteiger partial charge in [0.25, 0.3) is 5.91 Å². The highest BCUT2D eigenvalue weighted by atomic mass is 32.1. The SMILES string of the molecule is CN(CC(=O)N1CCC[C@@H](C(=O)O)C1)C(=O)c1cnn2c(-c3cccs3)ccnc12. The molecule has 0 aliphatic carbocycles. The van der Waals surface area contributed by atoms with Crippen molar-refractivity contribution in [3.8, 4) is 10.6 Å². The number of carboxylic acid groups (broad SMARTS) is 1. The Morgan fingerprint density at radius 3 is 2.90 bits per heavy atom. The highest BCUT2D eigenvalue weighted by molar-refractivity contribution is 7.13. The predicted octanol–water partition coefficient (Wildman–Crippen LogP) is 1.85. The Bertz CT molecular complexity index is 1090. The number of piperidine rings is 1. The Labute approximate surface area is 176 Å². The molecule has 0 bridgehead atoms. The standard InChI is InChI=1S/C20H21N5O4S/c1-23(12-17(26)24-8-2-4-13(11-24)20(28)29)19(27)14-10-22-25-15(6-7-21-18(14)25)16-5-3-9-30-16/h3,5-7,9-10,13H,2,4,8,11-12H2,1H3,(H,28,29)/t13-/m1/s1. The lowest BCUT2D eigenvalue weighted by molar-refractivity contribution is -0.145. The van der Waals surface area contributed by atoms with Crippen LogP contribution in [0.1, 0.15) is 23.2 Å². The van der Waals surface area contributed by atoms with Crippen LogP contribution in [0.3, 0.4) is 0 Å². The normalized spacial score (nSPS) is 16.6. The van der Waals surface area contributed by atoms with Crippen LogP contribution in [0.4, 0.5) is 0 Å². The highest BCUT2D eigenvalue weighted by Gasteiger charge is 2.29. The smallest absolute Gasteiger partial charge is 0.308 e. The maximum Gasteiger partial charge on any atom is 0.308 e. The minimum atomic E-state index is -0.893. The second-order valence-electron chi connectivity index (χ2n) is 7.28. The van der Waals surface area contributed by atoms with E-state index in [4.69, 9.17) is 0 Å². The number of amides is 2. The summed E-state index contributed by atoms with van der Waals surface area (Å²) in [6.45, 7) is 0.554. The Kier molecular flexibility index (Phi) is 5.49.